The van der Waals surface area contributed by atoms with Crippen LogP contribution in [0, 0.1) is 11.7 Å². The van der Waals surface area contributed by atoms with E-state index in [0.29, 0.717) is 6.42 Å². The van der Waals surface area contributed by atoms with Gasteiger partial charge in [0.2, 0.25) is 0 Å². The van der Waals surface area contributed by atoms with Gasteiger partial charge >= 0.3 is 0 Å². The minimum absolute atomic E-state index is 0.135. The number of fused-ring (bicyclic) bond motifs is 2. The summed E-state index contributed by atoms with van der Waals surface area (Å²) in [6.07, 6.45) is 2.05. The zero-order chi connectivity index (χ0) is 20.2. The van der Waals surface area contributed by atoms with Crippen molar-refractivity contribution in [3.63, 3.8) is 0 Å². The third kappa shape index (κ3) is 2.61. The molecule has 2 atom stereocenters. The van der Waals surface area contributed by atoms with E-state index in [1.165, 1.54) is 28.7 Å². The van der Waals surface area contributed by atoms with Crippen LogP contribution in [0.5, 0.6) is 0 Å². The number of sulfonamides is 1. The summed E-state index contributed by atoms with van der Waals surface area (Å²) < 4.78 is 41.7. The van der Waals surface area contributed by atoms with E-state index in [-0.39, 0.29) is 34.5 Å². The van der Waals surface area contributed by atoms with Crippen molar-refractivity contribution in [1.29, 1.82) is 0 Å². The summed E-state index contributed by atoms with van der Waals surface area (Å²) in [5.41, 5.74) is 0.480. The minimum atomic E-state index is -4.06. The Hall–Kier alpha value is -3.06. The van der Waals surface area contributed by atoms with Crippen LogP contribution < -0.4 is 4.31 Å². The van der Waals surface area contributed by atoms with Crippen molar-refractivity contribution in [2.75, 3.05) is 10.8 Å². The minimum Gasteiger partial charge on any atom is -0.291 e. The van der Waals surface area contributed by atoms with Crippen LogP contribution in [0.2, 0.25) is 0 Å². The lowest BCUT2D eigenvalue weighted by atomic mass is 9.87. The lowest BCUT2D eigenvalue weighted by Crippen LogP contribution is -2.33. The van der Waals surface area contributed by atoms with E-state index in [1.807, 2.05) is 30.3 Å². The number of benzene rings is 2. The van der Waals surface area contributed by atoms with Crippen LogP contribution >= 0.6 is 0 Å². The molecule has 3 aromatic rings. The van der Waals surface area contributed by atoms with Gasteiger partial charge in [-0.2, -0.15) is 0 Å². The molecular formula is C22H17FN2O3S. The SMILES string of the molecule is O=C1c2ncccc2N(S(=O)(=O)c2cccc(F)c2)C[C@@H]2C[C@]12c1ccccc1. The number of hydrogen-bond donors (Lipinski definition) is 0. The lowest BCUT2D eigenvalue weighted by Gasteiger charge is -2.24. The Balaban J connectivity index is 1.67. The van der Waals surface area contributed by atoms with Gasteiger partial charge in [0, 0.05) is 12.7 Å². The highest BCUT2D eigenvalue weighted by Gasteiger charge is 2.64. The topological polar surface area (TPSA) is 67.3 Å². The number of nitrogens with zero attached hydrogens (tertiary/aromatic N) is 2. The maximum absolute atomic E-state index is 13.7. The first-order valence-electron chi connectivity index (χ1n) is 9.28. The van der Waals surface area contributed by atoms with E-state index in [4.69, 9.17) is 0 Å². The fraction of sp³-hybridized carbons (Fsp3) is 0.182. The van der Waals surface area contributed by atoms with Crippen molar-refractivity contribution >= 4 is 21.5 Å². The van der Waals surface area contributed by atoms with Crippen LogP contribution in [0.15, 0.2) is 77.8 Å². The van der Waals surface area contributed by atoms with Gasteiger partial charge in [0.05, 0.1) is 16.0 Å². The molecule has 5 nitrogen and oxygen atoms in total. The van der Waals surface area contributed by atoms with Crippen LogP contribution in [0.25, 0.3) is 0 Å². The first kappa shape index (κ1) is 18.0. The first-order chi connectivity index (χ1) is 13.9. The monoisotopic (exact) mass is 408 g/mol. The summed E-state index contributed by atoms with van der Waals surface area (Å²) in [5.74, 6) is -0.968. The van der Waals surface area contributed by atoms with Gasteiger partial charge in [-0.15, -0.1) is 0 Å². The summed E-state index contributed by atoms with van der Waals surface area (Å²) in [4.78, 5) is 17.6. The number of pyridine rings is 1. The normalized spacial score (nSPS) is 23.1. The molecule has 2 aliphatic rings. The molecule has 0 N–H and O–H groups in total. The summed E-state index contributed by atoms with van der Waals surface area (Å²) in [5, 5.41) is 0. The highest BCUT2D eigenvalue weighted by Crippen LogP contribution is 2.59. The molecule has 5 rings (SSSR count). The number of carbonyl (C=O) groups excluding carboxylic acids is 1. The Bertz CT molecular complexity index is 1230. The number of hydrogen-bond acceptors (Lipinski definition) is 4. The average Bonchev–Trinajstić information content (AvgIpc) is 3.48. The average molecular weight is 408 g/mol. The molecule has 7 heteroatoms. The predicted molar refractivity (Wildman–Crippen MR) is 106 cm³/mol. The number of anilines is 1. The van der Waals surface area contributed by atoms with Gasteiger partial charge in [0.15, 0.2) is 5.78 Å². The van der Waals surface area contributed by atoms with Crippen LogP contribution in [0.3, 0.4) is 0 Å². The quantitative estimate of drug-likeness (QED) is 0.665. The second-order valence-electron chi connectivity index (χ2n) is 7.43. The van der Waals surface area contributed by atoms with Crippen molar-refractivity contribution in [3.05, 3.63) is 90.0 Å². The molecule has 0 radical (unpaired) electrons. The third-order valence-electron chi connectivity index (χ3n) is 5.84. The molecule has 0 saturated heterocycles. The molecule has 1 aliphatic heterocycles. The molecule has 1 saturated carbocycles. The van der Waals surface area contributed by atoms with Gasteiger partial charge in [-0.25, -0.2) is 12.8 Å². The summed E-state index contributed by atoms with van der Waals surface area (Å²) in [6.45, 7) is 0.137. The number of carbonyl (C=O) groups is 1. The maximum atomic E-state index is 13.7. The van der Waals surface area contributed by atoms with Gasteiger partial charge in [0.1, 0.15) is 11.5 Å². The van der Waals surface area contributed by atoms with Crippen molar-refractivity contribution < 1.29 is 17.6 Å². The van der Waals surface area contributed by atoms with Gasteiger partial charge in [-0.05, 0) is 48.2 Å². The summed E-state index contributed by atoms with van der Waals surface area (Å²) in [7, 11) is -4.06. The van der Waals surface area contributed by atoms with Gasteiger partial charge in [-0.3, -0.25) is 14.1 Å². The zero-order valence-corrected chi connectivity index (χ0v) is 16.1. The zero-order valence-electron chi connectivity index (χ0n) is 15.3. The summed E-state index contributed by atoms with van der Waals surface area (Å²) >= 11 is 0. The molecule has 1 fully saturated rings. The Morgan fingerprint density at radius 1 is 1.03 bits per heavy atom. The van der Waals surface area contributed by atoms with Crippen LogP contribution in [0.1, 0.15) is 22.5 Å². The Morgan fingerprint density at radius 2 is 1.83 bits per heavy atom. The van der Waals surface area contributed by atoms with Crippen LogP contribution in [-0.2, 0) is 15.4 Å². The smallest absolute Gasteiger partial charge is 0.264 e. The van der Waals surface area contributed by atoms with Crippen molar-refractivity contribution in [2.45, 2.75) is 16.7 Å². The molecule has 1 aromatic heterocycles. The molecule has 2 aromatic carbocycles. The summed E-state index contributed by atoms with van der Waals surface area (Å²) in [6, 6.07) is 17.5. The first-order valence-corrected chi connectivity index (χ1v) is 10.7. The molecule has 29 heavy (non-hydrogen) atoms. The van der Waals surface area contributed by atoms with Crippen LogP contribution in [-0.4, -0.2) is 25.7 Å². The molecule has 0 unspecified atom stereocenters. The molecular weight excluding hydrogens is 391 g/mol. The largest absolute Gasteiger partial charge is 0.291 e. The van der Waals surface area contributed by atoms with E-state index in [2.05, 4.69) is 4.98 Å². The van der Waals surface area contributed by atoms with E-state index in [0.717, 1.165) is 11.6 Å². The Labute approximate surface area is 167 Å². The van der Waals surface area contributed by atoms with Crippen molar-refractivity contribution in [1.82, 2.24) is 4.98 Å². The number of aromatic nitrogens is 1. The molecule has 146 valence electrons. The third-order valence-corrected chi connectivity index (χ3v) is 7.62. The number of ketones is 1. The van der Waals surface area contributed by atoms with Gasteiger partial charge in [0.25, 0.3) is 10.0 Å². The maximum Gasteiger partial charge on any atom is 0.264 e. The highest BCUT2D eigenvalue weighted by atomic mass is 32.2. The molecule has 1 aliphatic carbocycles. The lowest BCUT2D eigenvalue weighted by molar-refractivity contribution is 0.0936. The molecule has 0 bridgehead atoms. The number of halogens is 1. The number of Topliss-reactive ketones (excluding diaryl/α,β-unsaturated/α-hetero) is 1. The number of rotatable bonds is 3. The van der Waals surface area contributed by atoms with E-state index >= 15 is 0 Å². The van der Waals surface area contributed by atoms with Crippen LogP contribution in [0.4, 0.5) is 10.1 Å². The molecule has 0 amide bonds. The second kappa shape index (κ2) is 6.22. The fourth-order valence-corrected chi connectivity index (χ4v) is 5.86. The Kier molecular flexibility index (Phi) is 3.86. The standard InChI is InChI=1S/C22H17FN2O3S/c23-17-8-4-9-18(12-17)29(27,28)25-14-16-13-22(16,15-6-2-1-3-7-15)21(26)20-19(25)10-5-11-24-20/h1-12,16H,13-14H2/t16-,22+/m0/s1. The van der Waals surface area contributed by atoms with Gasteiger partial charge < -0.3 is 0 Å². The highest BCUT2D eigenvalue weighted by molar-refractivity contribution is 7.92. The van der Waals surface area contributed by atoms with Crippen molar-refractivity contribution in [2.24, 2.45) is 5.92 Å². The molecule has 0 spiro atoms. The van der Waals surface area contributed by atoms with Crippen molar-refractivity contribution in [3.8, 4) is 0 Å². The molecule has 2 heterocycles. The fourth-order valence-electron chi connectivity index (χ4n) is 4.31. The second-order valence-corrected chi connectivity index (χ2v) is 9.29. The Morgan fingerprint density at radius 3 is 2.59 bits per heavy atom. The van der Waals surface area contributed by atoms with Gasteiger partial charge in [-0.1, -0.05) is 36.4 Å². The van der Waals surface area contributed by atoms with E-state index in [9.17, 15) is 17.6 Å². The van der Waals surface area contributed by atoms with E-state index < -0.39 is 21.3 Å². The predicted octanol–water partition coefficient (Wildman–Crippen LogP) is 3.57. The van der Waals surface area contributed by atoms with E-state index in [1.54, 1.807) is 12.1 Å².